The van der Waals surface area contributed by atoms with Crippen molar-refractivity contribution in [1.82, 2.24) is 9.78 Å². The van der Waals surface area contributed by atoms with Crippen LogP contribution in [0.1, 0.15) is 16.1 Å². The van der Waals surface area contributed by atoms with Crippen LogP contribution in [0, 0.1) is 3.57 Å². The number of carbonyl (C=O) groups is 1. The lowest BCUT2D eigenvalue weighted by molar-refractivity contribution is 0.102. The Kier molecular flexibility index (Phi) is 3.46. The summed E-state index contributed by atoms with van der Waals surface area (Å²) in [7, 11) is 3.26. The number of aryl methyl sites for hydroxylation is 1. The predicted molar refractivity (Wildman–Crippen MR) is 72.4 cm³/mol. The standard InChI is InChI=1S/C12H11IN2O2/c1-15-11(10(17-2)7-14-15)12(16)8-4-3-5-9(13)6-8/h3-7H,1-2H3. The van der Waals surface area contributed by atoms with Crippen molar-refractivity contribution in [3.8, 4) is 5.75 Å². The van der Waals surface area contributed by atoms with Crippen molar-refractivity contribution in [3.63, 3.8) is 0 Å². The van der Waals surface area contributed by atoms with Crippen LogP contribution in [0.3, 0.4) is 0 Å². The number of aromatic nitrogens is 2. The number of ketones is 1. The SMILES string of the molecule is COc1cnn(C)c1C(=O)c1cccc(I)c1. The molecule has 0 aliphatic rings. The maximum atomic E-state index is 12.3. The highest BCUT2D eigenvalue weighted by molar-refractivity contribution is 14.1. The number of benzene rings is 1. The molecule has 0 unspecified atom stereocenters. The van der Waals surface area contributed by atoms with E-state index in [0.29, 0.717) is 17.0 Å². The molecule has 1 heterocycles. The first-order valence-electron chi connectivity index (χ1n) is 4.99. The van der Waals surface area contributed by atoms with Crippen LogP contribution in [0.2, 0.25) is 0 Å². The third-order valence-corrected chi connectivity index (χ3v) is 3.10. The van der Waals surface area contributed by atoms with E-state index in [0.717, 1.165) is 3.57 Å². The van der Waals surface area contributed by atoms with Crippen molar-refractivity contribution >= 4 is 28.4 Å². The number of ether oxygens (including phenoxy) is 1. The molecule has 0 fully saturated rings. The average molecular weight is 342 g/mol. The van der Waals surface area contributed by atoms with Gasteiger partial charge in [0.15, 0.2) is 11.4 Å². The van der Waals surface area contributed by atoms with Crippen LogP contribution in [0.15, 0.2) is 30.5 Å². The van der Waals surface area contributed by atoms with Crippen molar-refractivity contribution in [1.29, 1.82) is 0 Å². The fourth-order valence-electron chi connectivity index (χ4n) is 1.59. The van der Waals surface area contributed by atoms with Gasteiger partial charge in [-0.15, -0.1) is 0 Å². The van der Waals surface area contributed by atoms with Crippen molar-refractivity contribution in [2.24, 2.45) is 7.05 Å². The zero-order chi connectivity index (χ0) is 12.4. The smallest absolute Gasteiger partial charge is 0.214 e. The first-order valence-corrected chi connectivity index (χ1v) is 6.07. The van der Waals surface area contributed by atoms with Gasteiger partial charge in [-0.05, 0) is 34.7 Å². The number of nitrogens with zero attached hydrogens (tertiary/aromatic N) is 2. The Morgan fingerprint density at radius 2 is 2.24 bits per heavy atom. The minimum atomic E-state index is -0.0830. The Hall–Kier alpha value is -1.37. The lowest BCUT2D eigenvalue weighted by atomic mass is 10.1. The normalized spacial score (nSPS) is 10.3. The molecule has 88 valence electrons. The van der Waals surface area contributed by atoms with E-state index in [1.165, 1.54) is 11.8 Å². The molecule has 1 aromatic carbocycles. The summed E-state index contributed by atoms with van der Waals surface area (Å²) >= 11 is 2.18. The van der Waals surface area contributed by atoms with E-state index in [2.05, 4.69) is 27.7 Å². The average Bonchev–Trinajstić information content (AvgIpc) is 2.69. The maximum Gasteiger partial charge on any atom is 0.214 e. The van der Waals surface area contributed by atoms with E-state index in [1.807, 2.05) is 18.2 Å². The summed E-state index contributed by atoms with van der Waals surface area (Å²) in [5, 5.41) is 4.03. The minimum absolute atomic E-state index is 0.0830. The number of halogens is 1. The fraction of sp³-hybridized carbons (Fsp3) is 0.167. The Morgan fingerprint density at radius 1 is 1.47 bits per heavy atom. The highest BCUT2D eigenvalue weighted by atomic mass is 127. The Morgan fingerprint density at radius 3 is 2.88 bits per heavy atom. The van der Waals surface area contributed by atoms with Crippen LogP contribution in [0.4, 0.5) is 0 Å². The summed E-state index contributed by atoms with van der Waals surface area (Å²) in [6.07, 6.45) is 1.54. The molecule has 0 aliphatic heterocycles. The molecular weight excluding hydrogens is 331 g/mol. The molecule has 0 aliphatic carbocycles. The van der Waals surface area contributed by atoms with Crippen LogP contribution >= 0.6 is 22.6 Å². The summed E-state index contributed by atoms with van der Waals surface area (Å²) in [5.74, 6) is 0.414. The molecule has 2 aromatic rings. The molecule has 17 heavy (non-hydrogen) atoms. The van der Waals surface area contributed by atoms with E-state index < -0.39 is 0 Å². The van der Waals surface area contributed by atoms with Gasteiger partial charge in [0.05, 0.1) is 13.3 Å². The molecule has 1 aromatic heterocycles. The van der Waals surface area contributed by atoms with Crippen molar-refractivity contribution in [2.45, 2.75) is 0 Å². The van der Waals surface area contributed by atoms with Gasteiger partial charge in [-0.2, -0.15) is 5.10 Å². The maximum absolute atomic E-state index is 12.3. The van der Waals surface area contributed by atoms with E-state index in [-0.39, 0.29) is 5.78 Å². The fourth-order valence-corrected chi connectivity index (χ4v) is 2.14. The molecular formula is C12H11IN2O2. The molecule has 0 spiro atoms. The molecule has 0 saturated heterocycles. The Balaban J connectivity index is 2.47. The zero-order valence-corrected chi connectivity index (χ0v) is 11.6. The third kappa shape index (κ3) is 2.33. The Labute approximate surface area is 113 Å². The van der Waals surface area contributed by atoms with Crippen LogP contribution in [-0.4, -0.2) is 22.7 Å². The molecule has 0 amide bonds. The summed E-state index contributed by atoms with van der Waals surface area (Å²) in [5.41, 5.74) is 1.10. The van der Waals surface area contributed by atoms with Gasteiger partial charge in [-0.25, -0.2) is 0 Å². The largest absolute Gasteiger partial charge is 0.493 e. The summed E-state index contributed by atoms with van der Waals surface area (Å²) in [4.78, 5) is 12.3. The minimum Gasteiger partial charge on any atom is -0.493 e. The second-order valence-electron chi connectivity index (χ2n) is 3.52. The van der Waals surface area contributed by atoms with Gasteiger partial charge in [-0.3, -0.25) is 9.48 Å². The van der Waals surface area contributed by atoms with Crippen molar-refractivity contribution in [2.75, 3.05) is 7.11 Å². The molecule has 5 heteroatoms. The first kappa shape index (κ1) is 12.1. The number of methoxy groups -OCH3 is 1. The number of rotatable bonds is 3. The van der Waals surface area contributed by atoms with E-state index in [4.69, 9.17) is 4.74 Å². The second kappa shape index (κ2) is 4.87. The number of hydrogen-bond acceptors (Lipinski definition) is 3. The molecule has 0 N–H and O–H groups in total. The lowest BCUT2D eigenvalue weighted by Gasteiger charge is -2.04. The summed E-state index contributed by atoms with van der Waals surface area (Å²) < 4.78 is 7.68. The lowest BCUT2D eigenvalue weighted by Crippen LogP contribution is -2.09. The van der Waals surface area contributed by atoms with Gasteiger partial charge in [0.25, 0.3) is 0 Å². The third-order valence-electron chi connectivity index (χ3n) is 2.43. The van der Waals surface area contributed by atoms with E-state index in [9.17, 15) is 4.79 Å². The monoisotopic (exact) mass is 342 g/mol. The molecule has 0 radical (unpaired) electrons. The highest BCUT2D eigenvalue weighted by Gasteiger charge is 2.19. The van der Waals surface area contributed by atoms with E-state index >= 15 is 0 Å². The molecule has 2 rings (SSSR count). The number of carbonyl (C=O) groups excluding carboxylic acids is 1. The van der Waals surface area contributed by atoms with Gasteiger partial charge in [0, 0.05) is 16.2 Å². The van der Waals surface area contributed by atoms with Gasteiger partial charge in [-0.1, -0.05) is 12.1 Å². The van der Waals surface area contributed by atoms with Crippen LogP contribution in [-0.2, 0) is 7.05 Å². The molecule has 0 saturated carbocycles. The molecule has 0 bridgehead atoms. The van der Waals surface area contributed by atoms with Crippen LogP contribution < -0.4 is 4.74 Å². The van der Waals surface area contributed by atoms with Gasteiger partial charge in [0.2, 0.25) is 5.78 Å². The first-order chi connectivity index (χ1) is 8.13. The van der Waals surface area contributed by atoms with Crippen LogP contribution in [0.25, 0.3) is 0 Å². The zero-order valence-electron chi connectivity index (χ0n) is 9.48. The highest BCUT2D eigenvalue weighted by Crippen LogP contribution is 2.21. The van der Waals surface area contributed by atoms with Crippen LogP contribution in [0.5, 0.6) is 5.75 Å². The molecule has 0 atom stereocenters. The quantitative estimate of drug-likeness (QED) is 0.635. The predicted octanol–water partition coefficient (Wildman–Crippen LogP) is 2.26. The Bertz CT molecular complexity index is 563. The summed E-state index contributed by atoms with van der Waals surface area (Å²) in [6, 6.07) is 7.43. The van der Waals surface area contributed by atoms with Gasteiger partial charge < -0.3 is 4.74 Å². The van der Waals surface area contributed by atoms with E-state index in [1.54, 1.807) is 19.3 Å². The van der Waals surface area contributed by atoms with Gasteiger partial charge in [0.1, 0.15) is 0 Å². The van der Waals surface area contributed by atoms with Gasteiger partial charge >= 0.3 is 0 Å². The second-order valence-corrected chi connectivity index (χ2v) is 4.77. The topological polar surface area (TPSA) is 44.1 Å². The molecule has 4 nitrogen and oxygen atoms in total. The van der Waals surface area contributed by atoms with Crippen molar-refractivity contribution in [3.05, 3.63) is 45.3 Å². The summed E-state index contributed by atoms with van der Waals surface area (Å²) in [6.45, 7) is 0. The number of hydrogen-bond donors (Lipinski definition) is 0. The van der Waals surface area contributed by atoms with Crippen molar-refractivity contribution < 1.29 is 9.53 Å².